The van der Waals surface area contributed by atoms with Crippen LogP contribution in [0.1, 0.15) is 30.7 Å². The van der Waals surface area contributed by atoms with E-state index in [1.54, 1.807) is 0 Å². The average Bonchev–Trinajstić information content (AvgIpc) is 2.47. The summed E-state index contributed by atoms with van der Waals surface area (Å²) < 4.78 is 0. The zero-order valence-electron chi connectivity index (χ0n) is 8.50. The zero-order chi connectivity index (χ0) is 9.80. The van der Waals surface area contributed by atoms with E-state index < -0.39 is 0 Å². The molecule has 0 saturated carbocycles. The van der Waals surface area contributed by atoms with Gasteiger partial charge in [-0.3, -0.25) is 0 Å². The van der Waals surface area contributed by atoms with E-state index in [0.29, 0.717) is 5.92 Å². The number of hydrogen-bond donors (Lipinski definition) is 2. The minimum atomic E-state index is 0.659. The number of nitrogen functional groups attached to an aromatic ring is 1. The van der Waals surface area contributed by atoms with Gasteiger partial charge >= 0.3 is 0 Å². The fourth-order valence-corrected chi connectivity index (χ4v) is 2.21. The molecule has 1 unspecified atom stereocenters. The Hall–Kier alpha value is -1.02. The summed E-state index contributed by atoms with van der Waals surface area (Å²) in [6.45, 7) is 2.28. The molecule has 1 saturated heterocycles. The van der Waals surface area contributed by atoms with Crippen LogP contribution in [-0.4, -0.2) is 13.1 Å². The normalized spacial score (nSPS) is 23.0. The van der Waals surface area contributed by atoms with E-state index in [9.17, 15) is 0 Å². The van der Waals surface area contributed by atoms with E-state index in [1.165, 1.54) is 24.8 Å². The van der Waals surface area contributed by atoms with Crippen LogP contribution in [0.4, 0.5) is 5.69 Å². The molecular formula is C12H18N2. The number of hydrogen-bond acceptors (Lipinski definition) is 2. The van der Waals surface area contributed by atoms with Gasteiger partial charge in [0.1, 0.15) is 0 Å². The van der Waals surface area contributed by atoms with Crippen molar-refractivity contribution in [1.29, 1.82) is 0 Å². The van der Waals surface area contributed by atoms with E-state index in [2.05, 4.69) is 17.4 Å². The van der Waals surface area contributed by atoms with Crippen LogP contribution in [-0.2, 0) is 0 Å². The minimum Gasteiger partial charge on any atom is -0.398 e. The maximum atomic E-state index is 5.98. The monoisotopic (exact) mass is 190 g/mol. The third-order valence-corrected chi connectivity index (χ3v) is 3.01. The molecule has 2 heteroatoms. The van der Waals surface area contributed by atoms with Crippen molar-refractivity contribution in [3.63, 3.8) is 0 Å². The Bertz CT molecular complexity index is 288. The highest BCUT2D eigenvalue weighted by atomic mass is 14.8. The lowest BCUT2D eigenvalue weighted by Gasteiger charge is -2.15. The summed E-state index contributed by atoms with van der Waals surface area (Å²) in [5.74, 6) is 0.659. The van der Waals surface area contributed by atoms with Crippen molar-refractivity contribution in [3.8, 4) is 0 Å². The molecular weight excluding hydrogens is 172 g/mol. The standard InChI is InChI=1S/C12H18N2/c13-12-6-2-1-5-11(12)10-4-3-8-14-9-7-10/h1-2,5-6,10,14H,3-4,7-9,13H2. The number of anilines is 1. The van der Waals surface area contributed by atoms with Crippen LogP contribution in [0, 0.1) is 0 Å². The molecule has 0 aromatic heterocycles. The number of para-hydroxylation sites is 1. The van der Waals surface area contributed by atoms with Crippen molar-refractivity contribution in [2.24, 2.45) is 0 Å². The highest BCUT2D eigenvalue weighted by molar-refractivity contribution is 5.48. The molecule has 2 rings (SSSR count). The fraction of sp³-hybridized carbons (Fsp3) is 0.500. The lowest BCUT2D eigenvalue weighted by molar-refractivity contribution is 0.611. The summed E-state index contributed by atoms with van der Waals surface area (Å²) in [6, 6.07) is 8.27. The Labute approximate surface area is 85.5 Å². The number of nitrogens with two attached hydrogens (primary N) is 1. The summed E-state index contributed by atoms with van der Waals surface area (Å²) in [5.41, 5.74) is 8.28. The Morgan fingerprint density at radius 3 is 2.86 bits per heavy atom. The first kappa shape index (κ1) is 9.53. The lowest BCUT2D eigenvalue weighted by atomic mass is 9.91. The van der Waals surface area contributed by atoms with E-state index in [-0.39, 0.29) is 0 Å². The molecule has 3 N–H and O–H groups in total. The van der Waals surface area contributed by atoms with Crippen molar-refractivity contribution >= 4 is 5.69 Å². The Morgan fingerprint density at radius 2 is 2.00 bits per heavy atom. The van der Waals surface area contributed by atoms with Gasteiger partial charge in [0.25, 0.3) is 0 Å². The minimum absolute atomic E-state index is 0.659. The summed E-state index contributed by atoms with van der Waals surface area (Å²) >= 11 is 0. The van der Waals surface area contributed by atoms with Crippen molar-refractivity contribution in [1.82, 2.24) is 5.32 Å². The zero-order valence-corrected chi connectivity index (χ0v) is 8.50. The molecule has 0 bridgehead atoms. The first-order valence-electron chi connectivity index (χ1n) is 5.43. The van der Waals surface area contributed by atoms with Gasteiger partial charge in [0, 0.05) is 5.69 Å². The topological polar surface area (TPSA) is 38.0 Å². The highest BCUT2D eigenvalue weighted by Crippen LogP contribution is 2.29. The quantitative estimate of drug-likeness (QED) is 0.666. The Kier molecular flexibility index (Phi) is 3.04. The molecule has 1 aliphatic heterocycles. The van der Waals surface area contributed by atoms with Gasteiger partial charge in [-0.05, 0) is 49.9 Å². The second-order valence-corrected chi connectivity index (χ2v) is 4.01. The van der Waals surface area contributed by atoms with Gasteiger partial charge in [0.05, 0.1) is 0 Å². The van der Waals surface area contributed by atoms with Crippen LogP contribution in [0.25, 0.3) is 0 Å². The van der Waals surface area contributed by atoms with Gasteiger partial charge in [-0.1, -0.05) is 18.2 Å². The van der Waals surface area contributed by atoms with Gasteiger partial charge in [-0.2, -0.15) is 0 Å². The average molecular weight is 190 g/mol. The second kappa shape index (κ2) is 4.47. The molecule has 0 spiro atoms. The van der Waals surface area contributed by atoms with Crippen LogP contribution < -0.4 is 11.1 Å². The van der Waals surface area contributed by atoms with Crippen LogP contribution in [0.5, 0.6) is 0 Å². The predicted octanol–water partition coefficient (Wildman–Crippen LogP) is 2.13. The first-order chi connectivity index (χ1) is 6.88. The van der Waals surface area contributed by atoms with Crippen molar-refractivity contribution in [2.45, 2.75) is 25.2 Å². The van der Waals surface area contributed by atoms with Crippen LogP contribution >= 0.6 is 0 Å². The Morgan fingerprint density at radius 1 is 1.14 bits per heavy atom. The molecule has 2 nitrogen and oxygen atoms in total. The van der Waals surface area contributed by atoms with E-state index in [1.807, 2.05) is 12.1 Å². The Balaban J connectivity index is 2.16. The molecule has 0 radical (unpaired) electrons. The molecule has 14 heavy (non-hydrogen) atoms. The molecule has 1 atom stereocenters. The maximum absolute atomic E-state index is 5.98. The molecule has 76 valence electrons. The molecule has 1 fully saturated rings. The van der Waals surface area contributed by atoms with Crippen molar-refractivity contribution in [3.05, 3.63) is 29.8 Å². The number of rotatable bonds is 1. The summed E-state index contributed by atoms with van der Waals surface area (Å²) in [6.07, 6.45) is 3.74. The molecule has 0 amide bonds. The molecule has 1 aromatic carbocycles. The smallest absolute Gasteiger partial charge is 0.0349 e. The van der Waals surface area contributed by atoms with E-state index in [4.69, 9.17) is 5.73 Å². The maximum Gasteiger partial charge on any atom is 0.0349 e. The summed E-state index contributed by atoms with van der Waals surface area (Å²) in [5, 5.41) is 3.43. The highest BCUT2D eigenvalue weighted by Gasteiger charge is 2.15. The fourth-order valence-electron chi connectivity index (χ4n) is 2.21. The third kappa shape index (κ3) is 2.07. The van der Waals surface area contributed by atoms with Crippen molar-refractivity contribution in [2.75, 3.05) is 18.8 Å². The van der Waals surface area contributed by atoms with Gasteiger partial charge < -0.3 is 11.1 Å². The SMILES string of the molecule is Nc1ccccc1C1CCCNCC1. The van der Waals surface area contributed by atoms with Gasteiger partial charge in [-0.15, -0.1) is 0 Å². The van der Waals surface area contributed by atoms with Crippen LogP contribution in [0.2, 0.25) is 0 Å². The molecule has 1 aromatic rings. The third-order valence-electron chi connectivity index (χ3n) is 3.01. The molecule has 1 aliphatic rings. The van der Waals surface area contributed by atoms with Crippen molar-refractivity contribution < 1.29 is 0 Å². The second-order valence-electron chi connectivity index (χ2n) is 4.01. The van der Waals surface area contributed by atoms with Gasteiger partial charge in [0.15, 0.2) is 0 Å². The summed E-state index contributed by atoms with van der Waals surface area (Å²) in [7, 11) is 0. The van der Waals surface area contributed by atoms with Gasteiger partial charge in [-0.25, -0.2) is 0 Å². The van der Waals surface area contributed by atoms with Gasteiger partial charge in [0.2, 0.25) is 0 Å². The van der Waals surface area contributed by atoms with Crippen LogP contribution in [0.15, 0.2) is 24.3 Å². The van der Waals surface area contributed by atoms with Crippen LogP contribution in [0.3, 0.4) is 0 Å². The largest absolute Gasteiger partial charge is 0.398 e. The van der Waals surface area contributed by atoms with E-state index in [0.717, 1.165) is 18.8 Å². The molecule has 1 heterocycles. The predicted molar refractivity (Wildman–Crippen MR) is 60.3 cm³/mol. The first-order valence-corrected chi connectivity index (χ1v) is 5.43. The van der Waals surface area contributed by atoms with E-state index >= 15 is 0 Å². The lowest BCUT2D eigenvalue weighted by Crippen LogP contribution is -2.14. The summed E-state index contributed by atoms with van der Waals surface area (Å²) in [4.78, 5) is 0. The number of nitrogens with one attached hydrogen (secondary N) is 1. The molecule has 0 aliphatic carbocycles. The number of benzene rings is 1.